The third kappa shape index (κ3) is 6.40. The van der Waals surface area contributed by atoms with Gasteiger partial charge in [0.15, 0.2) is 0 Å². The van der Waals surface area contributed by atoms with E-state index in [9.17, 15) is 19.2 Å². The molecule has 0 heterocycles. The lowest BCUT2D eigenvalue weighted by Gasteiger charge is -2.14. The number of carboxylic acids is 4. The van der Waals surface area contributed by atoms with Crippen LogP contribution in [0.2, 0.25) is 0 Å². The summed E-state index contributed by atoms with van der Waals surface area (Å²) in [6.45, 7) is 0. The molecule has 0 radical (unpaired) electrons. The lowest BCUT2D eigenvalue weighted by atomic mass is 10.3. The molecule has 0 aliphatic carbocycles. The second-order valence-corrected chi connectivity index (χ2v) is 4.40. The van der Waals surface area contributed by atoms with E-state index >= 15 is 0 Å². The van der Waals surface area contributed by atoms with Gasteiger partial charge < -0.3 is 20.4 Å². The van der Waals surface area contributed by atoms with Crippen LogP contribution in [0.1, 0.15) is 12.8 Å². The maximum absolute atomic E-state index is 10.7. The van der Waals surface area contributed by atoms with Crippen molar-refractivity contribution in [1.82, 2.24) is 0 Å². The summed E-state index contributed by atoms with van der Waals surface area (Å²) in [6, 6.07) is 0. The van der Waals surface area contributed by atoms with E-state index in [1.165, 1.54) is 0 Å². The fourth-order valence-electron chi connectivity index (χ4n) is 0.903. The van der Waals surface area contributed by atoms with E-state index in [0.717, 1.165) is 0 Å². The molecule has 0 aromatic rings. The van der Waals surface area contributed by atoms with Gasteiger partial charge in [-0.05, 0) is 0 Å². The van der Waals surface area contributed by atoms with Crippen molar-refractivity contribution in [3.05, 3.63) is 0 Å². The Balaban J connectivity index is 4.67. The maximum Gasteiger partial charge on any atom is 0.317 e. The molecule has 0 aromatic heterocycles. The van der Waals surface area contributed by atoms with Gasteiger partial charge in [0.25, 0.3) is 0 Å². The van der Waals surface area contributed by atoms with Gasteiger partial charge in [0.1, 0.15) is 10.5 Å². The first-order valence-electron chi connectivity index (χ1n) is 4.28. The van der Waals surface area contributed by atoms with Crippen LogP contribution in [0.3, 0.4) is 0 Å². The molecule has 0 amide bonds. The van der Waals surface area contributed by atoms with Gasteiger partial charge in [-0.2, -0.15) is 0 Å². The van der Waals surface area contributed by atoms with Crippen LogP contribution >= 0.6 is 11.8 Å². The van der Waals surface area contributed by atoms with Gasteiger partial charge in [0.2, 0.25) is 0 Å². The highest BCUT2D eigenvalue weighted by Crippen LogP contribution is 2.24. The molecule has 0 spiro atoms. The summed E-state index contributed by atoms with van der Waals surface area (Å²) in [4.78, 5) is 42.0. The molecular formula is C8H10O8S. The predicted molar refractivity (Wildman–Crippen MR) is 54.9 cm³/mol. The minimum atomic E-state index is -1.49. The number of hydrogen-bond acceptors (Lipinski definition) is 5. The monoisotopic (exact) mass is 266 g/mol. The first kappa shape index (κ1) is 15.2. The molecule has 2 atom stereocenters. The number of carbonyl (C=O) groups is 4. The van der Waals surface area contributed by atoms with E-state index in [-0.39, 0.29) is 0 Å². The number of carboxylic acid groups (broad SMARTS) is 4. The number of thioether (sulfide) groups is 1. The van der Waals surface area contributed by atoms with Crippen LogP contribution < -0.4 is 0 Å². The number of aliphatic carboxylic acids is 4. The van der Waals surface area contributed by atoms with Crippen molar-refractivity contribution in [3.8, 4) is 0 Å². The molecule has 4 N–H and O–H groups in total. The average Bonchev–Trinajstić information content (AvgIpc) is 2.13. The van der Waals surface area contributed by atoms with Gasteiger partial charge in [-0.1, -0.05) is 0 Å². The fraction of sp³-hybridized carbons (Fsp3) is 0.500. The highest BCUT2D eigenvalue weighted by molar-refractivity contribution is 8.01. The van der Waals surface area contributed by atoms with Gasteiger partial charge >= 0.3 is 23.9 Å². The van der Waals surface area contributed by atoms with Crippen molar-refractivity contribution < 1.29 is 39.6 Å². The van der Waals surface area contributed by atoms with Crippen LogP contribution in [0.5, 0.6) is 0 Å². The molecule has 0 saturated heterocycles. The molecule has 96 valence electrons. The van der Waals surface area contributed by atoms with Crippen LogP contribution in [-0.2, 0) is 19.2 Å². The Hall–Kier alpha value is -1.77. The first-order chi connectivity index (χ1) is 7.73. The van der Waals surface area contributed by atoms with Crippen LogP contribution in [0.4, 0.5) is 0 Å². The van der Waals surface area contributed by atoms with Crippen LogP contribution in [0.15, 0.2) is 0 Å². The van der Waals surface area contributed by atoms with Crippen molar-refractivity contribution >= 4 is 35.6 Å². The van der Waals surface area contributed by atoms with E-state index in [4.69, 9.17) is 20.4 Å². The Morgan fingerprint density at radius 2 is 1.06 bits per heavy atom. The first-order valence-corrected chi connectivity index (χ1v) is 5.23. The fourth-order valence-corrected chi connectivity index (χ4v) is 2.01. The molecule has 17 heavy (non-hydrogen) atoms. The Bertz CT molecular complexity index is 306. The molecule has 8 nitrogen and oxygen atoms in total. The third-order valence-electron chi connectivity index (χ3n) is 1.60. The Labute approximate surface area is 99.2 Å². The second-order valence-electron chi connectivity index (χ2n) is 2.99. The quantitative estimate of drug-likeness (QED) is 0.459. The summed E-state index contributed by atoms with van der Waals surface area (Å²) in [7, 11) is 0. The molecule has 0 aliphatic heterocycles. The van der Waals surface area contributed by atoms with Gasteiger partial charge in [-0.3, -0.25) is 19.2 Å². The van der Waals surface area contributed by atoms with Crippen molar-refractivity contribution in [1.29, 1.82) is 0 Å². The minimum absolute atomic E-state index is 0.302. The Morgan fingerprint density at radius 1 is 0.765 bits per heavy atom. The topological polar surface area (TPSA) is 149 Å². The van der Waals surface area contributed by atoms with Crippen molar-refractivity contribution in [2.24, 2.45) is 0 Å². The van der Waals surface area contributed by atoms with Gasteiger partial charge in [-0.15, -0.1) is 11.8 Å². The highest BCUT2D eigenvalue weighted by Gasteiger charge is 2.30. The summed E-state index contributed by atoms with van der Waals surface area (Å²) in [5.74, 6) is -5.78. The van der Waals surface area contributed by atoms with Crippen LogP contribution in [0.25, 0.3) is 0 Å². The average molecular weight is 266 g/mol. The number of rotatable bonds is 8. The molecule has 0 bridgehead atoms. The Morgan fingerprint density at radius 3 is 1.24 bits per heavy atom. The number of hydrogen-bond donors (Lipinski definition) is 4. The molecule has 0 rings (SSSR count). The smallest absolute Gasteiger partial charge is 0.317 e. The molecular weight excluding hydrogens is 256 g/mol. The lowest BCUT2D eigenvalue weighted by Crippen LogP contribution is -2.28. The summed E-state index contributed by atoms with van der Waals surface area (Å²) < 4.78 is 0. The zero-order chi connectivity index (χ0) is 13.6. The molecule has 2 unspecified atom stereocenters. The summed E-state index contributed by atoms with van der Waals surface area (Å²) in [5, 5.41) is 31.2. The molecule has 0 aliphatic rings. The van der Waals surface area contributed by atoms with E-state index in [0.29, 0.717) is 11.8 Å². The van der Waals surface area contributed by atoms with Crippen molar-refractivity contribution in [2.45, 2.75) is 23.3 Å². The van der Waals surface area contributed by atoms with Crippen LogP contribution in [0, 0.1) is 0 Å². The maximum atomic E-state index is 10.7. The van der Waals surface area contributed by atoms with E-state index in [2.05, 4.69) is 0 Å². The van der Waals surface area contributed by atoms with Crippen molar-refractivity contribution in [2.75, 3.05) is 0 Å². The largest absolute Gasteiger partial charge is 0.481 e. The SMILES string of the molecule is O=C(O)CC(SC(CC(=O)O)C(=O)O)C(=O)O. The second kappa shape index (κ2) is 6.74. The standard InChI is InChI=1S/C8H10O8S/c9-5(10)1-3(7(13)14)17-4(8(15)16)2-6(11)12/h3-4H,1-2H2,(H,9,10)(H,11,12)(H,13,14)(H,15,16). The van der Waals surface area contributed by atoms with E-state index in [1.807, 2.05) is 0 Å². The zero-order valence-corrected chi connectivity index (χ0v) is 9.22. The Kier molecular flexibility index (Phi) is 6.03. The van der Waals surface area contributed by atoms with E-state index in [1.54, 1.807) is 0 Å². The minimum Gasteiger partial charge on any atom is -0.481 e. The predicted octanol–water partition coefficient (Wildman–Crippen LogP) is -0.425. The van der Waals surface area contributed by atoms with Gasteiger partial charge in [0.05, 0.1) is 12.8 Å². The molecule has 0 saturated carbocycles. The highest BCUT2D eigenvalue weighted by atomic mass is 32.2. The molecule has 0 aromatic carbocycles. The molecule has 9 heteroatoms. The summed E-state index contributed by atoms with van der Waals surface area (Å²) in [5.41, 5.74) is 0. The lowest BCUT2D eigenvalue weighted by molar-refractivity contribution is -0.143. The van der Waals surface area contributed by atoms with Crippen LogP contribution in [-0.4, -0.2) is 54.8 Å². The summed E-state index contributed by atoms with van der Waals surface area (Å²) >= 11 is 0.302. The van der Waals surface area contributed by atoms with Gasteiger partial charge in [0, 0.05) is 0 Å². The van der Waals surface area contributed by atoms with Crippen molar-refractivity contribution in [3.63, 3.8) is 0 Å². The zero-order valence-electron chi connectivity index (χ0n) is 8.40. The van der Waals surface area contributed by atoms with Gasteiger partial charge in [-0.25, -0.2) is 0 Å². The normalized spacial score (nSPS) is 13.6. The van der Waals surface area contributed by atoms with E-state index < -0.39 is 47.2 Å². The summed E-state index contributed by atoms with van der Waals surface area (Å²) in [6.07, 6.45) is -1.55. The third-order valence-corrected chi connectivity index (χ3v) is 2.99. The molecule has 0 fully saturated rings.